The van der Waals surface area contributed by atoms with Crippen LogP contribution in [0.1, 0.15) is 66.9 Å². The normalized spacial score (nSPS) is 12.9. The minimum Gasteiger partial charge on any atom is -0.492 e. The molecule has 1 amide bonds. The molecule has 5 rings (SSSR count). The van der Waals surface area contributed by atoms with Crippen molar-refractivity contribution < 1.29 is 19.4 Å². The van der Waals surface area contributed by atoms with E-state index >= 15 is 0 Å². The van der Waals surface area contributed by atoms with Gasteiger partial charge in [0.25, 0.3) is 0 Å². The Bertz CT molecular complexity index is 1610. The predicted molar refractivity (Wildman–Crippen MR) is 181 cm³/mol. The van der Waals surface area contributed by atoms with Crippen LogP contribution >= 0.6 is 0 Å². The number of carboxylic acid groups (broad SMARTS) is 1. The Hall–Kier alpha value is -5.04. The Morgan fingerprint density at radius 3 is 2.20 bits per heavy atom. The van der Waals surface area contributed by atoms with E-state index in [1.807, 2.05) is 54.6 Å². The quantitative estimate of drug-likeness (QED) is 0.134. The van der Waals surface area contributed by atoms with Crippen LogP contribution < -0.4 is 20.3 Å². The molecule has 4 aromatic rings. The smallest absolute Gasteiger partial charge is 0.335 e. The van der Waals surface area contributed by atoms with Crippen molar-refractivity contribution >= 4 is 28.9 Å². The summed E-state index contributed by atoms with van der Waals surface area (Å²) in [7, 11) is 0. The fourth-order valence-corrected chi connectivity index (χ4v) is 5.28. The van der Waals surface area contributed by atoms with E-state index in [9.17, 15) is 9.59 Å². The number of anilines is 3. The van der Waals surface area contributed by atoms with Crippen LogP contribution in [0.25, 0.3) is 0 Å². The van der Waals surface area contributed by atoms with Crippen LogP contribution in [0.4, 0.5) is 17.1 Å². The molecule has 0 aromatic heterocycles. The lowest BCUT2D eigenvalue weighted by Gasteiger charge is -2.26. The van der Waals surface area contributed by atoms with E-state index in [0.29, 0.717) is 18.2 Å². The number of amides is 1. The summed E-state index contributed by atoms with van der Waals surface area (Å²) < 4.78 is 5.84. The molecule has 1 atom stereocenters. The Morgan fingerprint density at radius 1 is 0.867 bits per heavy atom. The van der Waals surface area contributed by atoms with E-state index in [1.54, 1.807) is 17.0 Å². The van der Waals surface area contributed by atoms with Crippen molar-refractivity contribution in [3.63, 3.8) is 0 Å². The van der Waals surface area contributed by atoms with Crippen LogP contribution in [0.5, 0.6) is 5.75 Å². The highest BCUT2D eigenvalue weighted by molar-refractivity contribution is 5.94. The zero-order chi connectivity index (χ0) is 31.6. The molecular formula is C38H41N3O4. The molecule has 0 heterocycles. The van der Waals surface area contributed by atoms with E-state index < -0.39 is 5.97 Å². The summed E-state index contributed by atoms with van der Waals surface area (Å²) in [4.78, 5) is 26.4. The molecule has 7 nitrogen and oxygen atoms in total. The molecule has 1 unspecified atom stereocenters. The van der Waals surface area contributed by atoms with Crippen LogP contribution in [0.3, 0.4) is 0 Å². The molecule has 1 aliphatic carbocycles. The highest BCUT2D eigenvalue weighted by Crippen LogP contribution is 2.33. The molecule has 0 spiro atoms. The van der Waals surface area contributed by atoms with Crippen molar-refractivity contribution in [3.8, 4) is 5.75 Å². The number of hydrogen-bond donors (Lipinski definition) is 3. The molecule has 0 radical (unpaired) electrons. The molecule has 1 aliphatic rings. The molecule has 1 saturated carbocycles. The average Bonchev–Trinajstić information content (AvgIpc) is 3.03. The molecule has 0 saturated heterocycles. The summed E-state index contributed by atoms with van der Waals surface area (Å²) in [6.07, 6.45) is 4.70. The second-order valence-corrected chi connectivity index (χ2v) is 11.4. The lowest BCUT2D eigenvalue weighted by molar-refractivity contribution is -0.118. The first-order chi connectivity index (χ1) is 21.9. The van der Waals surface area contributed by atoms with Crippen molar-refractivity contribution in [1.29, 1.82) is 0 Å². The molecule has 7 heteroatoms. The standard InChI is InChI=1S/C38H41N3O4/c1-3-27(2)34-14-7-8-15-35(34)40-37(29-10-9-11-29)39-31-20-16-28(17-21-31)26-36(42)41(32-12-5-4-6-13-32)24-25-45-33-22-18-30(19-23-33)38(43)44/h4-8,12-23,27,39-40H,3,9-11,24-26H2,1-2H3,(H,43,44). The van der Waals surface area contributed by atoms with Gasteiger partial charge in [0.1, 0.15) is 18.2 Å². The van der Waals surface area contributed by atoms with Crippen molar-refractivity contribution in [3.05, 3.63) is 131 Å². The molecule has 3 N–H and O–H groups in total. The van der Waals surface area contributed by atoms with E-state index in [-0.39, 0.29) is 24.5 Å². The van der Waals surface area contributed by atoms with Crippen LogP contribution in [0.2, 0.25) is 0 Å². The van der Waals surface area contributed by atoms with Crippen LogP contribution in [0.15, 0.2) is 115 Å². The third-order valence-corrected chi connectivity index (χ3v) is 8.31. The van der Waals surface area contributed by atoms with Crippen molar-refractivity contribution in [1.82, 2.24) is 0 Å². The minimum absolute atomic E-state index is 0.0349. The van der Waals surface area contributed by atoms with Crippen LogP contribution in [0, 0.1) is 0 Å². The topological polar surface area (TPSA) is 90.9 Å². The number of para-hydroxylation sites is 2. The van der Waals surface area contributed by atoms with Crippen LogP contribution in [-0.2, 0) is 11.2 Å². The minimum atomic E-state index is -0.985. The first-order valence-electron chi connectivity index (χ1n) is 15.7. The van der Waals surface area contributed by atoms with Gasteiger partial charge in [0.05, 0.1) is 18.5 Å². The van der Waals surface area contributed by atoms with Gasteiger partial charge in [0.15, 0.2) is 0 Å². The maximum atomic E-state index is 13.6. The number of nitrogens with one attached hydrogen (secondary N) is 2. The molecule has 232 valence electrons. The third kappa shape index (κ3) is 8.32. The lowest BCUT2D eigenvalue weighted by Crippen LogP contribution is -2.35. The van der Waals surface area contributed by atoms with Gasteiger partial charge in [0, 0.05) is 17.1 Å². The van der Waals surface area contributed by atoms with Gasteiger partial charge in [-0.25, -0.2) is 4.79 Å². The fraction of sp³-hybridized carbons (Fsp3) is 0.263. The molecule has 0 aliphatic heterocycles. The van der Waals surface area contributed by atoms with E-state index in [2.05, 4.69) is 48.7 Å². The third-order valence-electron chi connectivity index (χ3n) is 8.31. The Morgan fingerprint density at radius 2 is 1.56 bits per heavy atom. The zero-order valence-electron chi connectivity index (χ0n) is 26.0. The number of carbonyl (C=O) groups excluding carboxylic acids is 1. The van der Waals surface area contributed by atoms with Gasteiger partial charge in [-0.05, 0) is 103 Å². The lowest BCUT2D eigenvalue weighted by atomic mass is 9.91. The second-order valence-electron chi connectivity index (χ2n) is 11.4. The van der Waals surface area contributed by atoms with Gasteiger partial charge in [-0.2, -0.15) is 0 Å². The fourth-order valence-electron chi connectivity index (χ4n) is 5.28. The summed E-state index contributed by atoms with van der Waals surface area (Å²) in [5.74, 6) is 1.05. The van der Waals surface area contributed by atoms with E-state index in [4.69, 9.17) is 9.84 Å². The average molecular weight is 604 g/mol. The van der Waals surface area contributed by atoms with E-state index in [1.165, 1.54) is 29.7 Å². The van der Waals surface area contributed by atoms with Crippen molar-refractivity contribution in [2.75, 3.05) is 28.7 Å². The Labute approximate surface area is 265 Å². The summed E-state index contributed by atoms with van der Waals surface area (Å²) in [6.45, 7) is 5.09. The molecular weight excluding hydrogens is 562 g/mol. The molecule has 4 aromatic carbocycles. The maximum absolute atomic E-state index is 13.6. The van der Waals surface area contributed by atoms with Gasteiger partial charge in [-0.3, -0.25) is 4.79 Å². The molecule has 45 heavy (non-hydrogen) atoms. The Balaban J connectivity index is 1.23. The van der Waals surface area contributed by atoms with Gasteiger partial charge in [0.2, 0.25) is 5.91 Å². The largest absolute Gasteiger partial charge is 0.492 e. The number of nitrogens with zero attached hydrogens (tertiary/aromatic N) is 1. The van der Waals surface area contributed by atoms with E-state index in [0.717, 1.165) is 47.7 Å². The summed E-state index contributed by atoms with van der Waals surface area (Å²) in [5.41, 5.74) is 6.73. The zero-order valence-corrected chi connectivity index (χ0v) is 26.0. The maximum Gasteiger partial charge on any atom is 0.335 e. The number of aromatic carboxylic acids is 1. The van der Waals surface area contributed by atoms with Gasteiger partial charge in [-0.15, -0.1) is 0 Å². The Kier molecular flexibility index (Phi) is 10.5. The SMILES string of the molecule is CCC(C)c1ccccc1NC(Nc1ccc(CC(=O)N(CCOc2ccc(C(=O)O)cc2)c2ccccc2)cc1)=C1CCC1. The summed E-state index contributed by atoms with van der Waals surface area (Å²) in [6, 6.07) is 32.4. The number of allylic oxidation sites excluding steroid dienone is 1. The highest BCUT2D eigenvalue weighted by atomic mass is 16.5. The summed E-state index contributed by atoms with van der Waals surface area (Å²) >= 11 is 0. The second kappa shape index (κ2) is 15.1. The summed E-state index contributed by atoms with van der Waals surface area (Å²) in [5, 5.41) is 16.4. The van der Waals surface area contributed by atoms with Gasteiger partial charge in [-0.1, -0.05) is 62.4 Å². The number of benzene rings is 4. The van der Waals surface area contributed by atoms with Crippen molar-refractivity contribution in [2.45, 2.75) is 51.9 Å². The number of rotatable bonds is 14. The predicted octanol–water partition coefficient (Wildman–Crippen LogP) is 8.47. The van der Waals surface area contributed by atoms with Crippen LogP contribution in [-0.4, -0.2) is 30.1 Å². The number of ether oxygens (including phenoxy) is 1. The van der Waals surface area contributed by atoms with Gasteiger partial charge >= 0.3 is 5.97 Å². The number of carbonyl (C=O) groups is 2. The number of hydrogen-bond acceptors (Lipinski definition) is 5. The molecule has 0 bridgehead atoms. The molecule has 1 fully saturated rings. The first kappa shape index (κ1) is 31.4. The first-order valence-corrected chi connectivity index (χ1v) is 15.7. The van der Waals surface area contributed by atoms with Gasteiger partial charge < -0.3 is 25.4 Å². The monoisotopic (exact) mass is 603 g/mol. The number of carboxylic acids is 1. The van der Waals surface area contributed by atoms with Crippen molar-refractivity contribution in [2.24, 2.45) is 0 Å². The highest BCUT2D eigenvalue weighted by Gasteiger charge is 2.19.